The van der Waals surface area contributed by atoms with Gasteiger partial charge in [0, 0.05) is 11.6 Å². The summed E-state index contributed by atoms with van der Waals surface area (Å²) in [7, 11) is 0. The van der Waals surface area contributed by atoms with Gasteiger partial charge in [0.25, 0.3) is 5.91 Å². The molecule has 3 N–H and O–H groups in total. The third-order valence-electron chi connectivity index (χ3n) is 2.77. The summed E-state index contributed by atoms with van der Waals surface area (Å²) in [6.07, 6.45) is 2.55. The van der Waals surface area contributed by atoms with Gasteiger partial charge in [0.1, 0.15) is 5.82 Å². The van der Waals surface area contributed by atoms with E-state index in [-0.39, 0.29) is 5.56 Å². The monoisotopic (exact) mass is 284 g/mol. The molecule has 2 rings (SSSR count). The van der Waals surface area contributed by atoms with Crippen LogP contribution in [0.15, 0.2) is 54.6 Å². The molecule has 2 aromatic rings. The average molecular weight is 284 g/mol. The predicted molar refractivity (Wildman–Crippen MR) is 79.0 cm³/mol. The quantitative estimate of drug-likeness (QED) is 0.847. The van der Waals surface area contributed by atoms with Crippen LogP contribution in [0.1, 0.15) is 15.9 Å². The van der Waals surface area contributed by atoms with Crippen molar-refractivity contribution in [3.63, 3.8) is 0 Å². The van der Waals surface area contributed by atoms with E-state index < -0.39 is 17.6 Å². The normalized spacial score (nSPS) is 10.5. The molecule has 21 heavy (non-hydrogen) atoms. The van der Waals surface area contributed by atoms with Crippen molar-refractivity contribution >= 4 is 23.6 Å². The molecule has 2 amide bonds. The van der Waals surface area contributed by atoms with Crippen LogP contribution in [0.5, 0.6) is 0 Å². The van der Waals surface area contributed by atoms with Gasteiger partial charge in [0.15, 0.2) is 0 Å². The van der Waals surface area contributed by atoms with E-state index >= 15 is 0 Å². The molecule has 2 aromatic carbocycles. The molecular weight excluding hydrogens is 271 g/mol. The Bertz CT molecular complexity index is 711. The number of amides is 2. The maximum absolute atomic E-state index is 13.4. The molecule has 5 heteroatoms. The van der Waals surface area contributed by atoms with Crippen LogP contribution in [0, 0.1) is 5.82 Å². The van der Waals surface area contributed by atoms with Gasteiger partial charge in [0.2, 0.25) is 5.91 Å². The highest BCUT2D eigenvalue weighted by molar-refractivity contribution is 6.07. The number of para-hydroxylation sites is 1. The second kappa shape index (κ2) is 6.47. The first-order valence-electron chi connectivity index (χ1n) is 6.20. The molecule has 0 aromatic heterocycles. The van der Waals surface area contributed by atoms with E-state index in [9.17, 15) is 14.0 Å². The van der Waals surface area contributed by atoms with Crippen LogP contribution in [0.25, 0.3) is 6.08 Å². The molecule has 4 nitrogen and oxygen atoms in total. The Morgan fingerprint density at radius 1 is 1.05 bits per heavy atom. The van der Waals surface area contributed by atoms with Gasteiger partial charge in [-0.15, -0.1) is 0 Å². The predicted octanol–water partition coefficient (Wildman–Crippen LogP) is 2.58. The van der Waals surface area contributed by atoms with Crippen LogP contribution in [0.2, 0.25) is 0 Å². The van der Waals surface area contributed by atoms with E-state index in [0.29, 0.717) is 11.3 Å². The summed E-state index contributed by atoms with van der Waals surface area (Å²) in [4.78, 5) is 23.0. The van der Waals surface area contributed by atoms with E-state index in [1.165, 1.54) is 24.3 Å². The van der Waals surface area contributed by atoms with Crippen molar-refractivity contribution < 1.29 is 14.0 Å². The van der Waals surface area contributed by atoms with Gasteiger partial charge in [-0.25, -0.2) is 4.39 Å². The maximum atomic E-state index is 13.4. The highest BCUT2D eigenvalue weighted by Crippen LogP contribution is 2.14. The Morgan fingerprint density at radius 3 is 2.43 bits per heavy atom. The number of hydrogen-bond acceptors (Lipinski definition) is 2. The van der Waals surface area contributed by atoms with Crippen LogP contribution < -0.4 is 11.1 Å². The lowest BCUT2D eigenvalue weighted by Gasteiger charge is -2.06. The molecule has 0 saturated carbocycles. The zero-order chi connectivity index (χ0) is 15.2. The SMILES string of the molecule is NC(=O)c1ccccc1NC(=O)/C=C/c1ccccc1F. The molecule has 0 heterocycles. The Labute approximate surface area is 121 Å². The van der Waals surface area contributed by atoms with Gasteiger partial charge in [-0.2, -0.15) is 0 Å². The maximum Gasteiger partial charge on any atom is 0.250 e. The number of nitrogens with two attached hydrogens (primary N) is 1. The number of carbonyl (C=O) groups is 2. The molecule has 0 spiro atoms. The van der Waals surface area contributed by atoms with Crippen molar-refractivity contribution in [3.8, 4) is 0 Å². The summed E-state index contributed by atoms with van der Waals surface area (Å²) in [6.45, 7) is 0. The number of benzene rings is 2. The first kappa shape index (κ1) is 14.5. The molecular formula is C16H13FN2O2. The Balaban J connectivity index is 2.13. The molecule has 106 valence electrons. The lowest BCUT2D eigenvalue weighted by Crippen LogP contribution is -2.16. The third-order valence-corrected chi connectivity index (χ3v) is 2.77. The molecule has 0 fully saturated rings. The average Bonchev–Trinajstić information content (AvgIpc) is 2.47. The van der Waals surface area contributed by atoms with Gasteiger partial charge in [-0.3, -0.25) is 9.59 Å². The van der Waals surface area contributed by atoms with Crippen molar-refractivity contribution in [2.75, 3.05) is 5.32 Å². The van der Waals surface area contributed by atoms with Crippen LogP contribution in [-0.2, 0) is 4.79 Å². The van der Waals surface area contributed by atoms with Crippen LogP contribution >= 0.6 is 0 Å². The van der Waals surface area contributed by atoms with E-state index in [0.717, 1.165) is 0 Å². The molecule has 0 atom stereocenters. The zero-order valence-electron chi connectivity index (χ0n) is 11.0. The number of anilines is 1. The van der Waals surface area contributed by atoms with E-state index in [4.69, 9.17) is 5.73 Å². The van der Waals surface area contributed by atoms with Crippen molar-refractivity contribution in [1.82, 2.24) is 0 Å². The minimum absolute atomic E-state index is 0.213. The molecule has 0 aliphatic carbocycles. The molecule has 0 aliphatic heterocycles. The number of carbonyl (C=O) groups excluding carboxylic acids is 2. The molecule has 0 aliphatic rings. The van der Waals surface area contributed by atoms with Gasteiger partial charge in [-0.05, 0) is 24.3 Å². The second-order valence-corrected chi connectivity index (χ2v) is 4.25. The number of hydrogen-bond donors (Lipinski definition) is 2. The molecule has 0 bridgehead atoms. The smallest absolute Gasteiger partial charge is 0.250 e. The van der Waals surface area contributed by atoms with E-state index in [1.807, 2.05) is 0 Å². The van der Waals surface area contributed by atoms with Gasteiger partial charge < -0.3 is 11.1 Å². The lowest BCUT2D eigenvalue weighted by atomic mass is 10.1. The standard InChI is InChI=1S/C16H13FN2O2/c17-13-7-3-1-5-11(13)9-10-15(20)19-14-8-4-2-6-12(14)16(18)21/h1-10H,(H2,18,21)(H,19,20)/b10-9+. The van der Waals surface area contributed by atoms with Crippen LogP contribution in [0.4, 0.5) is 10.1 Å². The Hall–Kier alpha value is -2.95. The second-order valence-electron chi connectivity index (χ2n) is 4.25. The topological polar surface area (TPSA) is 72.2 Å². The Kier molecular flexibility index (Phi) is 4.46. The zero-order valence-corrected chi connectivity index (χ0v) is 11.0. The van der Waals surface area contributed by atoms with Crippen molar-refractivity contribution in [2.24, 2.45) is 5.73 Å². The molecule has 0 radical (unpaired) electrons. The highest BCUT2D eigenvalue weighted by Gasteiger charge is 2.08. The largest absolute Gasteiger partial charge is 0.366 e. The molecule has 0 unspecified atom stereocenters. The fraction of sp³-hybridized carbons (Fsp3) is 0. The van der Waals surface area contributed by atoms with E-state index in [1.54, 1.807) is 36.4 Å². The molecule has 0 saturated heterocycles. The minimum Gasteiger partial charge on any atom is -0.366 e. The summed E-state index contributed by atoms with van der Waals surface area (Å²) in [5.41, 5.74) is 6.05. The number of halogens is 1. The summed E-state index contributed by atoms with van der Waals surface area (Å²) in [6, 6.07) is 12.5. The van der Waals surface area contributed by atoms with Crippen molar-refractivity contribution in [1.29, 1.82) is 0 Å². The summed E-state index contributed by atoms with van der Waals surface area (Å²) < 4.78 is 13.4. The van der Waals surface area contributed by atoms with Gasteiger partial charge >= 0.3 is 0 Å². The van der Waals surface area contributed by atoms with Crippen molar-refractivity contribution in [2.45, 2.75) is 0 Å². The highest BCUT2D eigenvalue weighted by atomic mass is 19.1. The third kappa shape index (κ3) is 3.76. The van der Waals surface area contributed by atoms with E-state index in [2.05, 4.69) is 5.32 Å². The minimum atomic E-state index is -0.635. The number of rotatable bonds is 4. The summed E-state index contributed by atoms with van der Waals surface area (Å²) in [5, 5.41) is 2.53. The van der Waals surface area contributed by atoms with Gasteiger partial charge in [-0.1, -0.05) is 30.3 Å². The van der Waals surface area contributed by atoms with Gasteiger partial charge in [0.05, 0.1) is 11.3 Å². The van der Waals surface area contributed by atoms with Crippen LogP contribution in [0.3, 0.4) is 0 Å². The van der Waals surface area contributed by atoms with Crippen molar-refractivity contribution in [3.05, 3.63) is 71.6 Å². The first-order valence-corrected chi connectivity index (χ1v) is 6.20. The summed E-state index contributed by atoms with van der Waals surface area (Å²) in [5.74, 6) is -1.53. The fourth-order valence-electron chi connectivity index (χ4n) is 1.76. The number of primary amides is 1. The number of nitrogens with one attached hydrogen (secondary N) is 1. The Morgan fingerprint density at radius 2 is 1.71 bits per heavy atom. The first-order chi connectivity index (χ1) is 10.1. The lowest BCUT2D eigenvalue weighted by molar-refractivity contribution is -0.111. The fourth-order valence-corrected chi connectivity index (χ4v) is 1.76. The van der Waals surface area contributed by atoms with Crippen LogP contribution in [-0.4, -0.2) is 11.8 Å². The summed E-state index contributed by atoms with van der Waals surface area (Å²) >= 11 is 0.